The molecule has 0 aliphatic heterocycles. The van der Waals surface area contributed by atoms with Gasteiger partial charge in [-0.1, -0.05) is 32.0 Å². The molecule has 0 spiro atoms. The molecule has 6 heteroatoms. The molecule has 2 amide bonds. The zero-order chi connectivity index (χ0) is 15.8. The smallest absolute Gasteiger partial charge is 0.335 e. The Kier molecular flexibility index (Phi) is 6.39. The molecule has 114 valence electrons. The number of amides is 2. The average Bonchev–Trinajstić information content (AvgIpc) is 2.43. The number of benzene rings is 1. The molecule has 1 aromatic carbocycles. The van der Waals surface area contributed by atoms with Crippen LogP contribution in [0.1, 0.15) is 29.8 Å². The normalized spacial score (nSPS) is 10.2. The molecule has 0 saturated heterocycles. The van der Waals surface area contributed by atoms with Crippen LogP contribution in [-0.4, -0.2) is 36.0 Å². The van der Waals surface area contributed by atoms with Gasteiger partial charge in [0.1, 0.15) is 0 Å². The van der Waals surface area contributed by atoms with Crippen molar-refractivity contribution in [3.8, 4) is 0 Å². The first-order valence-electron chi connectivity index (χ1n) is 6.77. The van der Waals surface area contributed by atoms with Crippen LogP contribution in [0.25, 0.3) is 0 Å². The molecule has 0 heterocycles. The molecular formula is C15H20N2O4. The third-order valence-electron chi connectivity index (χ3n) is 2.87. The van der Waals surface area contributed by atoms with E-state index in [9.17, 15) is 14.4 Å². The number of hydrogen-bond acceptors (Lipinski definition) is 3. The maximum absolute atomic E-state index is 11.7. The lowest BCUT2D eigenvalue weighted by Crippen LogP contribution is -2.37. The minimum Gasteiger partial charge on any atom is -0.478 e. The molecule has 1 aromatic rings. The summed E-state index contributed by atoms with van der Waals surface area (Å²) >= 11 is 0. The lowest BCUT2D eigenvalue weighted by molar-refractivity contribution is -0.124. The SMILES string of the molecule is CC(C)C(=O)NCCNC(=O)Cc1ccccc1C(=O)O. The molecule has 0 fully saturated rings. The standard InChI is InChI=1S/C15H20N2O4/c1-10(2)14(19)17-8-7-16-13(18)9-11-5-3-4-6-12(11)15(20)21/h3-6,10H,7-9H2,1-2H3,(H,16,18)(H,17,19)(H,20,21). The van der Waals surface area contributed by atoms with Gasteiger partial charge in [0.05, 0.1) is 12.0 Å². The molecular weight excluding hydrogens is 272 g/mol. The second-order valence-electron chi connectivity index (χ2n) is 4.93. The highest BCUT2D eigenvalue weighted by Crippen LogP contribution is 2.09. The zero-order valence-corrected chi connectivity index (χ0v) is 12.2. The summed E-state index contributed by atoms with van der Waals surface area (Å²) in [5.41, 5.74) is 0.592. The van der Waals surface area contributed by atoms with Gasteiger partial charge in [-0.2, -0.15) is 0 Å². The van der Waals surface area contributed by atoms with Crippen LogP contribution in [0.2, 0.25) is 0 Å². The molecule has 0 bridgehead atoms. The third kappa shape index (κ3) is 5.64. The Balaban J connectivity index is 2.41. The fourth-order valence-corrected chi connectivity index (χ4v) is 1.71. The number of carbonyl (C=O) groups excluding carboxylic acids is 2. The molecule has 0 atom stereocenters. The highest BCUT2D eigenvalue weighted by molar-refractivity contribution is 5.91. The molecule has 0 aromatic heterocycles. The van der Waals surface area contributed by atoms with E-state index >= 15 is 0 Å². The van der Waals surface area contributed by atoms with Crippen molar-refractivity contribution in [1.29, 1.82) is 0 Å². The molecule has 0 aliphatic carbocycles. The van der Waals surface area contributed by atoms with Gasteiger partial charge >= 0.3 is 5.97 Å². The maximum Gasteiger partial charge on any atom is 0.335 e. The maximum atomic E-state index is 11.7. The Morgan fingerprint density at radius 2 is 1.71 bits per heavy atom. The zero-order valence-electron chi connectivity index (χ0n) is 12.2. The predicted molar refractivity (Wildman–Crippen MR) is 78.0 cm³/mol. The summed E-state index contributed by atoms with van der Waals surface area (Å²) in [7, 11) is 0. The van der Waals surface area contributed by atoms with Gasteiger partial charge in [0.15, 0.2) is 0 Å². The second kappa shape index (κ2) is 8.04. The van der Waals surface area contributed by atoms with Crippen LogP contribution < -0.4 is 10.6 Å². The van der Waals surface area contributed by atoms with Crippen LogP contribution in [0.3, 0.4) is 0 Å². The number of aromatic carboxylic acids is 1. The Hall–Kier alpha value is -2.37. The number of nitrogens with one attached hydrogen (secondary N) is 2. The van der Waals surface area contributed by atoms with Crippen molar-refractivity contribution in [2.45, 2.75) is 20.3 Å². The predicted octanol–water partition coefficient (Wildman–Crippen LogP) is 0.816. The fourth-order valence-electron chi connectivity index (χ4n) is 1.71. The van der Waals surface area contributed by atoms with Gasteiger partial charge in [-0.3, -0.25) is 9.59 Å². The molecule has 21 heavy (non-hydrogen) atoms. The Labute approximate surface area is 123 Å². The van der Waals surface area contributed by atoms with Gasteiger partial charge in [0.2, 0.25) is 11.8 Å². The molecule has 1 rings (SSSR count). The summed E-state index contributed by atoms with van der Waals surface area (Å²) in [4.78, 5) is 34.1. The van der Waals surface area contributed by atoms with Gasteiger partial charge in [0, 0.05) is 19.0 Å². The van der Waals surface area contributed by atoms with Crippen molar-refractivity contribution in [1.82, 2.24) is 10.6 Å². The highest BCUT2D eigenvalue weighted by atomic mass is 16.4. The van der Waals surface area contributed by atoms with E-state index in [2.05, 4.69) is 10.6 Å². The minimum absolute atomic E-state index is 0.000596. The van der Waals surface area contributed by atoms with Crippen LogP contribution in [0.4, 0.5) is 0 Å². The molecule has 6 nitrogen and oxygen atoms in total. The van der Waals surface area contributed by atoms with E-state index in [1.807, 2.05) is 0 Å². The number of carboxylic acids is 1. The van der Waals surface area contributed by atoms with Gasteiger partial charge in [-0.05, 0) is 11.6 Å². The molecule has 3 N–H and O–H groups in total. The summed E-state index contributed by atoms with van der Waals surface area (Å²) in [6.07, 6.45) is 0.000596. The fraction of sp³-hybridized carbons (Fsp3) is 0.400. The van der Waals surface area contributed by atoms with Crippen molar-refractivity contribution in [3.05, 3.63) is 35.4 Å². The highest BCUT2D eigenvalue weighted by Gasteiger charge is 2.12. The molecule has 0 saturated carbocycles. The third-order valence-corrected chi connectivity index (χ3v) is 2.87. The van der Waals surface area contributed by atoms with E-state index in [4.69, 9.17) is 5.11 Å². The van der Waals surface area contributed by atoms with Crippen LogP contribution in [-0.2, 0) is 16.0 Å². The van der Waals surface area contributed by atoms with Gasteiger partial charge < -0.3 is 15.7 Å². The summed E-state index contributed by atoms with van der Waals surface area (Å²) in [6, 6.07) is 6.39. The van der Waals surface area contributed by atoms with E-state index in [1.165, 1.54) is 6.07 Å². The monoisotopic (exact) mass is 292 g/mol. The van der Waals surface area contributed by atoms with Crippen LogP contribution in [0, 0.1) is 5.92 Å². The topological polar surface area (TPSA) is 95.5 Å². The number of hydrogen-bond donors (Lipinski definition) is 3. The second-order valence-corrected chi connectivity index (χ2v) is 4.93. The van der Waals surface area contributed by atoms with Crippen LogP contribution in [0.15, 0.2) is 24.3 Å². The van der Waals surface area contributed by atoms with Gasteiger partial charge in [0.25, 0.3) is 0 Å². The van der Waals surface area contributed by atoms with E-state index in [0.29, 0.717) is 18.7 Å². The summed E-state index contributed by atoms with van der Waals surface area (Å²) in [5, 5.41) is 14.4. The number of carboxylic acid groups (broad SMARTS) is 1. The summed E-state index contributed by atoms with van der Waals surface area (Å²) < 4.78 is 0. The Bertz CT molecular complexity index is 526. The first-order valence-corrected chi connectivity index (χ1v) is 6.77. The number of carbonyl (C=O) groups is 3. The Morgan fingerprint density at radius 3 is 2.33 bits per heavy atom. The van der Waals surface area contributed by atoms with E-state index in [1.54, 1.807) is 32.0 Å². The largest absolute Gasteiger partial charge is 0.478 e. The van der Waals surface area contributed by atoms with Crippen molar-refractivity contribution in [3.63, 3.8) is 0 Å². The first-order chi connectivity index (χ1) is 9.91. The molecule has 0 radical (unpaired) electrons. The van der Waals surface area contributed by atoms with Crippen LogP contribution >= 0.6 is 0 Å². The van der Waals surface area contributed by atoms with Gasteiger partial charge in [-0.25, -0.2) is 4.79 Å². The molecule has 0 aliphatic rings. The van der Waals surface area contributed by atoms with Gasteiger partial charge in [-0.15, -0.1) is 0 Å². The van der Waals surface area contributed by atoms with Crippen molar-refractivity contribution >= 4 is 17.8 Å². The number of rotatable bonds is 7. The lowest BCUT2D eigenvalue weighted by atomic mass is 10.0. The minimum atomic E-state index is -1.05. The van der Waals surface area contributed by atoms with Crippen molar-refractivity contribution in [2.24, 2.45) is 5.92 Å². The average molecular weight is 292 g/mol. The quantitative estimate of drug-likeness (QED) is 0.648. The van der Waals surface area contributed by atoms with E-state index < -0.39 is 5.97 Å². The van der Waals surface area contributed by atoms with E-state index in [-0.39, 0.29) is 29.7 Å². The van der Waals surface area contributed by atoms with E-state index in [0.717, 1.165) is 0 Å². The van der Waals surface area contributed by atoms with Crippen molar-refractivity contribution in [2.75, 3.05) is 13.1 Å². The summed E-state index contributed by atoms with van der Waals surface area (Å²) in [6.45, 7) is 4.24. The Morgan fingerprint density at radius 1 is 1.10 bits per heavy atom. The van der Waals surface area contributed by atoms with Crippen molar-refractivity contribution < 1.29 is 19.5 Å². The lowest BCUT2D eigenvalue weighted by Gasteiger charge is -2.09. The van der Waals surface area contributed by atoms with Crippen LogP contribution in [0.5, 0.6) is 0 Å². The summed E-state index contributed by atoms with van der Waals surface area (Å²) in [5.74, 6) is -1.49. The first kappa shape index (κ1) is 16.7. The molecule has 0 unspecified atom stereocenters.